The minimum atomic E-state index is -0.649. The van der Waals surface area contributed by atoms with Gasteiger partial charge < -0.3 is 9.64 Å². The topological polar surface area (TPSA) is 49.9 Å². The fraction of sp³-hybridized carbons (Fsp3) is 0.263. The number of hydrogen-bond donors (Lipinski definition) is 0. The van der Waals surface area contributed by atoms with Crippen molar-refractivity contribution in [3.05, 3.63) is 54.3 Å². The van der Waals surface area contributed by atoms with Crippen molar-refractivity contribution in [1.82, 2.24) is 0 Å². The number of rotatable bonds is 4. The number of nitrogens with zero attached hydrogens (tertiary/aromatic N) is 2. The van der Waals surface area contributed by atoms with Gasteiger partial charge in [-0.2, -0.15) is 0 Å². The SMILES string of the molecule is CCN(C(=O)CN1C(=O)C(C)Oc2ccccc21)c1ccc(F)cc1. The Balaban J connectivity index is 1.86. The summed E-state index contributed by atoms with van der Waals surface area (Å²) in [6.07, 6.45) is -0.649. The number of carbonyl (C=O) groups excluding carboxylic acids is 2. The summed E-state index contributed by atoms with van der Waals surface area (Å²) in [7, 11) is 0. The highest BCUT2D eigenvalue weighted by molar-refractivity contribution is 6.06. The zero-order chi connectivity index (χ0) is 18.0. The lowest BCUT2D eigenvalue weighted by molar-refractivity contribution is -0.127. The molecular weight excluding hydrogens is 323 g/mol. The third-order valence-electron chi connectivity index (χ3n) is 4.12. The summed E-state index contributed by atoms with van der Waals surface area (Å²) in [5.74, 6) is -0.292. The molecule has 0 saturated heterocycles. The van der Waals surface area contributed by atoms with Gasteiger partial charge in [0.15, 0.2) is 6.10 Å². The van der Waals surface area contributed by atoms with E-state index in [1.54, 1.807) is 37.3 Å². The van der Waals surface area contributed by atoms with Crippen LogP contribution in [0.2, 0.25) is 0 Å². The molecule has 0 spiro atoms. The molecule has 0 saturated carbocycles. The summed E-state index contributed by atoms with van der Waals surface area (Å²) in [6.45, 7) is 3.81. The number of benzene rings is 2. The minimum absolute atomic E-state index is 0.102. The molecule has 0 aromatic heterocycles. The predicted octanol–water partition coefficient (Wildman–Crippen LogP) is 2.99. The molecule has 0 N–H and O–H groups in total. The van der Waals surface area contributed by atoms with Gasteiger partial charge in [0.25, 0.3) is 5.91 Å². The normalized spacial score (nSPS) is 16.2. The Morgan fingerprint density at radius 3 is 2.56 bits per heavy atom. The third-order valence-corrected chi connectivity index (χ3v) is 4.12. The summed E-state index contributed by atoms with van der Waals surface area (Å²) < 4.78 is 18.7. The molecule has 0 bridgehead atoms. The first kappa shape index (κ1) is 17.0. The summed E-state index contributed by atoms with van der Waals surface area (Å²) >= 11 is 0. The number of halogens is 1. The molecule has 1 aliphatic rings. The van der Waals surface area contributed by atoms with Crippen molar-refractivity contribution >= 4 is 23.2 Å². The van der Waals surface area contributed by atoms with Crippen LogP contribution in [0.25, 0.3) is 0 Å². The average Bonchev–Trinajstić information content (AvgIpc) is 2.61. The Morgan fingerprint density at radius 2 is 1.88 bits per heavy atom. The van der Waals surface area contributed by atoms with Crippen LogP contribution in [0.4, 0.5) is 15.8 Å². The molecule has 5 nitrogen and oxygen atoms in total. The summed E-state index contributed by atoms with van der Waals surface area (Å²) in [4.78, 5) is 28.2. The van der Waals surface area contributed by atoms with E-state index < -0.39 is 6.10 Å². The summed E-state index contributed by atoms with van der Waals surface area (Å²) in [5.41, 5.74) is 1.17. The first-order valence-corrected chi connectivity index (χ1v) is 8.14. The van der Waals surface area contributed by atoms with E-state index in [4.69, 9.17) is 4.74 Å². The van der Waals surface area contributed by atoms with Crippen LogP contribution in [-0.4, -0.2) is 31.0 Å². The van der Waals surface area contributed by atoms with Crippen LogP contribution in [0.5, 0.6) is 5.75 Å². The Labute approximate surface area is 145 Å². The molecule has 25 heavy (non-hydrogen) atoms. The summed E-state index contributed by atoms with van der Waals surface area (Å²) in [6, 6.07) is 12.8. The van der Waals surface area contributed by atoms with E-state index in [-0.39, 0.29) is 24.2 Å². The quantitative estimate of drug-likeness (QED) is 0.858. The van der Waals surface area contributed by atoms with Crippen molar-refractivity contribution in [2.45, 2.75) is 20.0 Å². The van der Waals surface area contributed by atoms with E-state index in [0.29, 0.717) is 23.7 Å². The highest BCUT2D eigenvalue weighted by Crippen LogP contribution is 2.33. The molecule has 3 rings (SSSR count). The van der Waals surface area contributed by atoms with Gasteiger partial charge in [0.05, 0.1) is 5.69 Å². The fourth-order valence-corrected chi connectivity index (χ4v) is 2.87. The molecule has 1 atom stereocenters. The maximum absolute atomic E-state index is 13.1. The van der Waals surface area contributed by atoms with Crippen LogP contribution in [0.3, 0.4) is 0 Å². The Bertz CT molecular complexity index is 792. The lowest BCUT2D eigenvalue weighted by Gasteiger charge is -2.33. The van der Waals surface area contributed by atoms with E-state index >= 15 is 0 Å². The van der Waals surface area contributed by atoms with Crippen LogP contribution in [-0.2, 0) is 9.59 Å². The zero-order valence-corrected chi connectivity index (χ0v) is 14.1. The molecule has 0 radical (unpaired) electrons. The number of fused-ring (bicyclic) bond motifs is 1. The van der Waals surface area contributed by atoms with Crippen LogP contribution < -0.4 is 14.5 Å². The van der Waals surface area contributed by atoms with Crippen LogP contribution in [0.1, 0.15) is 13.8 Å². The second kappa shape index (κ2) is 6.93. The molecule has 2 aromatic rings. The molecule has 1 aliphatic heterocycles. The van der Waals surface area contributed by atoms with Crippen molar-refractivity contribution in [3.8, 4) is 5.75 Å². The summed E-state index contributed by atoms with van der Waals surface area (Å²) in [5, 5.41) is 0. The number of para-hydroxylation sites is 2. The molecule has 6 heteroatoms. The molecule has 2 amide bonds. The van der Waals surface area contributed by atoms with Crippen molar-refractivity contribution in [1.29, 1.82) is 0 Å². The molecule has 0 aliphatic carbocycles. The highest BCUT2D eigenvalue weighted by Gasteiger charge is 2.33. The number of amides is 2. The van der Waals surface area contributed by atoms with Gasteiger partial charge in [0, 0.05) is 12.2 Å². The predicted molar refractivity (Wildman–Crippen MR) is 93.3 cm³/mol. The van der Waals surface area contributed by atoms with Crippen molar-refractivity contribution in [3.63, 3.8) is 0 Å². The Kier molecular flexibility index (Phi) is 4.70. The molecule has 0 fully saturated rings. The Hall–Kier alpha value is -2.89. The van der Waals surface area contributed by atoms with Gasteiger partial charge in [-0.15, -0.1) is 0 Å². The van der Waals surface area contributed by atoms with Crippen molar-refractivity contribution < 1.29 is 18.7 Å². The molecule has 1 heterocycles. The van der Waals surface area contributed by atoms with Gasteiger partial charge in [-0.1, -0.05) is 12.1 Å². The monoisotopic (exact) mass is 342 g/mol. The van der Waals surface area contributed by atoms with Gasteiger partial charge in [-0.3, -0.25) is 14.5 Å². The van der Waals surface area contributed by atoms with Crippen molar-refractivity contribution in [2.24, 2.45) is 0 Å². The largest absolute Gasteiger partial charge is 0.479 e. The van der Waals surface area contributed by atoms with Gasteiger partial charge in [0.2, 0.25) is 5.91 Å². The number of anilines is 2. The zero-order valence-electron chi connectivity index (χ0n) is 14.1. The smallest absolute Gasteiger partial charge is 0.268 e. The second-order valence-electron chi connectivity index (χ2n) is 5.77. The highest BCUT2D eigenvalue weighted by atomic mass is 19.1. The van der Waals surface area contributed by atoms with E-state index in [9.17, 15) is 14.0 Å². The van der Waals surface area contributed by atoms with Crippen LogP contribution >= 0.6 is 0 Å². The van der Waals surface area contributed by atoms with Gasteiger partial charge >= 0.3 is 0 Å². The van der Waals surface area contributed by atoms with Gasteiger partial charge in [-0.25, -0.2) is 4.39 Å². The van der Waals surface area contributed by atoms with Crippen LogP contribution in [0.15, 0.2) is 48.5 Å². The molecule has 1 unspecified atom stereocenters. The molecule has 2 aromatic carbocycles. The van der Waals surface area contributed by atoms with E-state index in [2.05, 4.69) is 0 Å². The first-order chi connectivity index (χ1) is 12.0. The lowest BCUT2D eigenvalue weighted by atomic mass is 10.2. The number of hydrogen-bond acceptors (Lipinski definition) is 3. The van der Waals surface area contributed by atoms with Crippen molar-refractivity contribution in [2.75, 3.05) is 22.9 Å². The third kappa shape index (κ3) is 3.33. The van der Waals surface area contributed by atoms with Crippen LogP contribution in [0, 0.1) is 5.82 Å². The maximum atomic E-state index is 13.1. The van der Waals surface area contributed by atoms with E-state index in [1.165, 1.54) is 21.9 Å². The number of carbonyl (C=O) groups is 2. The van der Waals surface area contributed by atoms with E-state index in [0.717, 1.165) is 0 Å². The minimum Gasteiger partial charge on any atom is -0.479 e. The maximum Gasteiger partial charge on any atom is 0.268 e. The lowest BCUT2D eigenvalue weighted by Crippen LogP contribution is -2.49. The van der Waals surface area contributed by atoms with E-state index in [1.807, 2.05) is 13.0 Å². The fourth-order valence-electron chi connectivity index (χ4n) is 2.87. The molecule has 130 valence electrons. The standard InChI is InChI=1S/C19H19FN2O3/c1-3-21(15-10-8-14(20)9-11-15)18(23)12-22-16-6-4-5-7-17(16)25-13(2)19(22)24/h4-11,13H,3,12H2,1-2H3. The Morgan fingerprint density at radius 1 is 1.20 bits per heavy atom. The average molecular weight is 342 g/mol. The van der Waals surface area contributed by atoms with Gasteiger partial charge in [0.1, 0.15) is 18.1 Å². The number of likely N-dealkylation sites (N-methyl/N-ethyl adjacent to an activating group) is 1. The second-order valence-corrected chi connectivity index (χ2v) is 5.77. The van der Waals surface area contributed by atoms with Gasteiger partial charge in [-0.05, 0) is 50.2 Å². The number of ether oxygens (including phenoxy) is 1. The first-order valence-electron chi connectivity index (χ1n) is 8.14. The molecular formula is C19H19FN2O3.